The second kappa shape index (κ2) is 6.73. The number of nitrogens with one attached hydrogen (secondary N) is 3. The van der Waals surface area contributed by atoms with Gasteiger partial charge in [0.25, 0.3) is 0 Å². The number of carbonyl (C=O) groups is 1. The predicted octanol–water partition coefficient (Wildman–Crippen LogP) is 3.36. The lowest BCUT2D eigenvalue weighted by atomic mass is 10.2. The topological polar surface area (TPSA) is 53.2 Å². The molecule has 2 rings (SSSR count). The molecule has 2 aromatic carbocycles. The number of aryl methyl sites for hydroxylation is 1. The molecule has 4 heteroatoms. The molecule has 0 bridgehead atoms. The van der Waals surface area contributed by atoms with E-state index in [0.717, 1.165) is 29.0 Å². The van der Waals surface area contributed by atoms with Crippen molar-refractivity contribution in [2.75, 3.05) is 17.7 Å². The van der Waals surface area contributed by atoms with Crippen molar-refractivity contribution in [2.24, 2.45) is 0 Å². The number of amides is 2. The number of rotatable bonds is 4. The van der Waals surface area contributed by atoms with Crippen LogP contribution in [0.25, 0.3) is 0 Å². The lowest BCUT2D eigenvalue weighted by Gasteiger charge is -2.09. The quantitative estimate of drug-likeness (QED) is 0.797. The fourth-order valence-corrected chi connectivity index (χ4v) is 1.89. The Bertz CT molecular complexity index is 579. The van der Waals surface area contributed by atoms with Crippen molar-refractivity contribution in [1.29, 1.82) is 0 Å². The molecule has 0 radical (unpaired) electrons. The minimum absolute atomic E-state index is 0.240. The second-order valence-electron chi connectivity index (χ2n) is 4.68. The number of urea groups is 1. The predicted molar refractivity (Wildman–Crippen MR) is 83.0 cm³/mol. The molecule has 0 saturated carbocycles. The largest absolute Gasteiger partial charge is 0.323 e. The Morgan fingerprint density at radius 1 is 1.00 bits per heavy atom. The van der Waals surface area contributed by atoms with E-state index >= 15 is 0 Å². The molecule has 0 heterocycles. The highest BCUT2D eigenvalue weighted by molar-refractivity contribution is 5.99. The van der Waals surface area contributed by atoms with E-state index in [-0.39, 0.29) is 6.03 Å². The van der Waals surface area contributed by atoms with Gasteiger partial charge < -0.3 is 16.0 Å². The smallest absolute Gasteiger partial charge is 0.316 e. The van der Waals surface area contributed by atoms with E-state index in [0.29, 0.717) is 0 Å². The van der Waals surface area contributed by atoms with Crippen LogP contribution >= 0.6 is 0 Å². The maximum atomic E-state index is 11.9. The van der Waals surface area contributed by atoms with Crippen molar-refractivity contribution in [1.82, 2.24) is 5.32 Å². The Hall–Kier alpha value is -2.33. The van der Waals surface area contributed by atoms with Gasteiger partial charge in [0, 0.05) is 17.9 Å². The Morgan fingerprint density at radius 3 is 2.40 bits per heavy atom. The van der Waals surface area contributed by atoms with Gasteiger partial charge >= 0.3 is 6.03 Å². The van der Waals surface area contributed by atoms with Gasteiger partial charge in [0.2, 0.25) is 0 Å². The van der Waals surface area contributed by atoms with Crippen molar-refractivity contribution in [3.8, 4) is 0 Å². The van der Waals surface area contributed by atoms with Crippen LogP contribution in [0.2, 0.25) is 0 Å². The summed E-state index contributed by atoms with van der Waals surface area (Å²) in [4.78, 5) is 11.9. The Balaban J connectivity index is 1.97. The SMILES string of the molecule is CNCc1cccc(NC(=O)Nc2ccc(C)cc2)c1. The van der Waals surface area contributed by atoms with Crippen LogP contribution in [0, 0.1) is 6.92 Å². The van der Waals surface area contributed by atoms with E-state index in [1.807, 2.05) is 62.5 Å². The average molecular weight is 269 g/mol. The Kier molecular flexibility index (Phi) is 4.74. The zero-order valence-electron chi connectivity index (χ0n) is 11.7. The molecule has 0 fully saturated rings. The highest BCUT2D eigenvalue weighted by Gasteiger charge is 2.03. The standard InChI is InChI=1S/C16H19N3O/c1-12-6-8-14(9-7-12)18-16(20)19-15-5-3-4-13(10-15)11-17-2/h3-10,17H,11H2,1-2H3,(H2,18,19,20). The zero-order chi connectivity index (χ0) is 14.4. The maximum absolute atomic E-state index is 11.9. The van der Waals surface area contributed by atoms with Gasteiger partial charge in [0.05, 0.1) is 0 Å². The van der Waals surface area contributed by atoms with E-state index in [9.17, 15) is 4.79 Å². The molecule has 2 aromatic rings. The molecule has 104 valence electrons. The minimum atomic E-state index is -0.240. The normalized spacial score (nSPS) is 10.1. The highest BCUT2D eigenvalue weighted by Crippen LogP contribution is 2.12. The van der Waals surface area contributed by atoms with Crippen LogP contribution < -0.4 is 16.0 Å². The van der Waals surface area contributed by atoms with Crippen LogP contribution in [0.1, 0.15) is 11.1 Å². The summed E-state index contributed by atoms with van der Waals surface area (Å²) in [6, 6.07) is 15.2. The van der Waals surface area contributed by atoms with Gasteiger partial charge in [-0.1, -0.05) is 29.8 Å². The van der Waals surface area contributed by atoms with Gasteiger partial charge in [-0.15, -0.1) is 0 Å². The van der Waals surface area contributed by atoms with Gasteiger partial charge in [0.15, 0.2) is 0 Å². The summed E-state index contributed by atoms with van der Waals surface area (Å²) in [6.45, 7) is 2.78. The van der Waals surface area contributed by atoms with E-state index in [2.05, 4.69) is 16.0 Å². The summed E-state index contributed by atoms with van der Waals surface area (Å²) >= 11 is 0. The fourth-order valence-electron chi connectivity index (χ4n) is 1.89. The first-order valence-electron chi connectivity index (χ1n) is 6.55. The Morgan fingerprint density at radius 2 is 1.70 bits per heavy atom. The summed E-state index contributed by atoms with van der Waals surface area (Å²) in [5.74, 6) is 0. The first-order chi connectivity index (χ1) is 9.67. The Labute approximate surface area is 119 Å². The minimum Gasteiger partial charge on any atom is -0.316 e. The summed E-state index contributed by atoms with van der Waals surface area (Å²) in [7, 11) is 1.89. The molecule has 0 aliphatic heterocycles. The van der Waals surface area contributed by atoms with Gasteiger partial charge in [-0.2, -0.15) is 0 Å². The molecule has 20 heavy (non-hydrogen) atoms. The van der Waals surface area contributed by atoms with Crippen molar-refractivity contribution in [3.05, 3.63) is 59.7 Å². The molecule has 0 atom stereocenters. The third-order valence-electron chi connectivity index (χ3n) is 2.88. The van der Waals surface area contributed by atoms with Crippen molar-refractivity contribution in [3.63, 3.8) is 0 Å². The number of hydrogen-bond acceptors (Lipinski definition) is 2. The summed E-state index contributed by atoms with van der Waals surface area (Å²) < 4.78 is 0. The third-order valence-corrected chi connectivity index (χ3v) is 2.88. The molecular weight excluding hydrogens is 250 g/mol. The van der Waals surface area contributed by atoms with Gasteiger partial charge in [-0.25, -0.2) is 4.79 Å². The summed E-state index contributed by atoms with van der Waals surface area (Å²) in [5.41, 5.74) is 3.85. The van der Waals surface area contributed by atoms with Gasteiger partial charge in [-0.3, -0.25) is 0 Å². The molecule has 3 N–H and O–H groups in total. The van der Waals surface area contributed by atoms with Crippen molar-refractivity contribution < 1.29 is 4.79 Å². The van der Waals surface area contributed by atoms with Gasteiger partial charge in [0.1, 0.15) is 0 Å². The van der Waals surface area contributed by atoms with Crippen LogP contribution in [0.15, 0.2) is 48.5 Å². The van der Waals surface area contributed by atoms with Gasteiger partial charge in [-0.05, 0) is 43.8 Å². The number of benzene rings is 2. The zero-order valence-corrected chi connectivity index (χ0v) is 11.7. The molecule has 0 aliphatic rings. The van der Waals surface area contributed by atoms with E-state index in [1.54, 1.807) is 0 Å². The first-order valence-corrected chi connectivity index (χ1v) is 6.55. The fraction of sp³-hybridized carbons (Fsp3) is 0.188. The van der Waals surface area contributed by atoms with Crippen molar-refractivity contribution >= 4 is 17.4 Å². The molecule has 0 spiro atoms. The lowest BCUT2D eigenvalue weighted by molar-refractivity contribution is 0.262. The monoisotopic (exact) mass is 269 g/mol. The van der Waals surface area contributed by atoms with E-state index in [4.69, 9.17) is 0 Å². The first kappa shape index (κ1) is 14.1. The molecular formula is C16H19N3O. The van der Waals surface area contributed by atoms with E-state index < -0.39 is 0 Å². The van der Waals surface area contributed by atoms with Crippen LogP contribution in [-0.4, -0.2) is 13.1 Å². The third kappa shape index (κ3) is 4.10. The summed E-state index contributed by atoms with van der Waals surface area (Å²) in [6.07, 6.45) is 0. The van der Waals surface area contributed by atoms with Crippen LogP contribution in [0.4, 0.5) is 16.2 Å². The van der Waals surface area contributed by atoms with Crippen molar-refractivity contribution in [2.45, 2.75) is 13.5 Å². The molecule has 0 aromatic heterocycles. The molecule has 0 aliphatic carbocycles. The average Bonchev–Trinajstić information content (AvgIpc) is 2.42. The summed E-state index contributed by atoms with van der Waals surface area (Å²) in [5, 5.41) is 8.71. The highest BCUT2D eigenvalue weighted by atomic mass is 16.2. The lowest BCUT2D eigenvalue weighted by Crippen LogP contribution is -2.19. The molecule has 0 unspecified atom stereocenters. The molecule has 4 nitrogen and oxygen atoms in total. The second-order valence-corrected chi connectivity index (χ2v) is 4.68. The molecule has 2 amide bonds. The number of hydrogen-bond donors (Lipinski definition) is 3. The van der Waals surface area contributed by atoms with E-state index in [1.165, 1.54) is 0 Å². The maximum Gasteiger partial charge on any atom is 0.323 e. The van der Waals surface area contributed by atoms with Crippen LogP contribution in [0.3, 0.4) is 0 Å². The number of anilines is 2. The van der Waals surface area contributed by atoms with Crippen LogP contribution in [-0.2, 0) is 6.54 Å². The number of carbonyl (C=O) groups excluding carboxylic acids is 1. The van der Waals surface area contributed by atoms with Crippen LogP contribution in [0.5, 0.6) is 0 Å². The molecule has 0 saturated heterocycles.